The number of nitrogens with zero attached hydrogens (tertiary/aromatic N) is 1. The molecule has 1 aliphatic heterocycles. The summed E-state index contributed by atoms with van der Waals surface area (Å²) >= 11 is 0. The fourth-order valence-electron chi connectivity index (χ4n) is 2.77. The molecule has 1 aliphatic rings. The van der Waals surface area contributed by atoms with E-state index in [1.54, 1.807) is 12.0 Å². The molecule has 0 saturated carbocycles. The summed E-state index contributed by atoms with van der Waals surface area (Å²) in [5.41, 5.74) is 2.94. The SMILES string of the molecule is COC[C@H](C)N1C[C@@H](C(=O)Nc2cc(C)ccc2C)CC1=O. The van der Waals surface area contributed by atoms with Gasteiger partial charge in [-0.25, -0.2) is 0 Å². The summed E-state index contributed by atoms with van der Waals surface area (Å²) in [4.78, 5) is 26.2. The Morgan fingerprint density at radius 1 is 1.45 bits per heavy atom. The van der Waals surface area contributed by atoms with E-state index >= 15 is 0 Å². The first-order valence-electron chi connectivity index (χ1n) is 7.59. The highest BCUT2D eigenvalue weighted by atomic mass is 16.5. The number of amides is 2. The van der Waals surface area contributed by atoms with Crippen LogP contribution in [0.5, 0.6) is 0 Å². The molecule has 2 amide bonds. The first kappa shape index (κ1) is 16.5. The molecule has 0 radical (unpaired) electrons. The quantitative estimate of drug-likeness (QED) is 0.906. The van der Waals surface area contributed by atoms with Crippen LogP contribution in [-0.4, -0.2) is 43.0 Å². The number of carbonyl (C=O) groups is 2. The van der Waals surface area contributed by atoms with Crippen molar-refractivity contribution in [2.45, 2.75) is 33.2 Å². The molecule has 1 heterocycles. The molecule has 1 aromatic carbocycles. The van der Waals surface area contributed by atoms with Gasteiger partial charge in [0.25, 0.3) is 0 Å². The van der Waals surface area contributed by atoms with E-state index in [9.17, 15) is 9.59 Å². The molecule has 1 fully saturated rings. The van der Waals surface area contributed by atoms with Crippen LogP contribution < -0.4 is 5.32 Å². The van der Waals surface area contributed by atoms with Gasteiger partial charge >= 0.3 is 0 Å². The van der Waals surface area contributed by atoms with Crippen molar-refractivity contribution in [2.75, 3.05) is 25.6 Å². The summed E-state index contributed by atoms with van der Waals surface area (Å²) in [5.74, 6) is -0.369. The summed E-state index contributed by atoms with van der Waals surface area (Å²) in [6.45, 7) is 6.83. The highest BCUT2D eigenvalue weighted by Gasteiger charge is 2.36. The number of aryl methyl sites for hydroxylation is 2. The molecule has 2 atom stereocenters. The molecule has 120 valence electrons. The monoisotopic (exact) mass is 304 g/mol. The molecule has 0 aliphatic carbocycles. The van der Waals surface area contributed by atoms with Gasteiger partial charge in [0, 0.05) is 25.8 Å². The zero-order valence-corrected chi connectivity index (χ0v) is 13.7. The minimum atomic E-state index is -0.299. The van der Waals surface area contributed by atoms with Crippen molar-refractivity contribution in [3.05, 3.63) is 29.3 Å². The third-order valence-electron chi connectivity index (χ3n) is 4.12. The van der Waals surface area contributed by atoms with Crippen LogP contribution >= 0.6 is 0 Å². The van der Waals surface area contributed by atoms with Crippen LogP contribution in [0.25, 0.3) is 0 Å². The van der Waals surface area contributed by atoms with Crippen LogP contribution in [0.4, 0.5) is 5.69 Å². The molecule has 0 bridgehead atoms. The van der Waals surface area contributed by atoms with E-state index in [2.05, 4.69) is 5.32 Å². The molecule has 0 unspecified atom stereocenters. The van der Waals surface area contributed by atoms with E-state index in [-0.39, 0.29) is 30.2 Å². The van der Waals surface area contributed by atoms with Crippen molar-refractivity contribution in [3.8, 4) is 0 Å². The van der Waals surface area contributed by atoms with Gasteiger partial charge in [-0.15, -0.1) is 0 Å². The minimum Gasteiger partial charge on any atom is -0.383 e. The van der Waals surface area contributed by atoms with Crippen molar-refractivity contribution in [2.24, 2.45) is 5.92 Å². The van der Waals surface area contributed by atoms with E-state index < -0.39 is 0 Å². The van der Waals surface area contributed by atoms with Crippen LogP contribution in [0.3, 0.4) is 0 Å². The molecule has 2 rings (SSSR count). The maximum Gasteiger partial charge on any atom is 0.229 e. The number of methoxy groups -OCH3 is 1. The fraction of sp³-hybridized carbons (Fsp3) is 0.529. The van der Waals surface area contributed by atoms with Crippen LogP contribution in [0.2, 0.25) is 0 Å². The van der Waals surface area contributed by atoms with Crippen molar-refractivity contribution in [1.29, 1.82) is 0 Å². The number of anilines is 1. The second-order valence-corrected chi connectivity index (χ2v) is 6.06. The van der Waals surface area contributed by atoms with Crippen LogP contribution in [0.1, 0.15) is 24.5 Å². The first-order valence-corrected chi connectivity index (χ1v) is 7.59. The Morgan fingerprint density at radius 2 is 2.18 bits per heavy atom. The van der Waals surface area contributed by atoms with Crippen LogP contribution in [0, 0.1) is 19.8 Å². The zero-order chi connectivity index (χ0) is 16.3. The van der Waals surface area contributed by atoms with Crippen molar-refractivity contribution in [3.63, 3.8) is 0 Å². The first-order chi connectivity index (χ1) is 10.4. The molecular formula is C17H24N2O3. The number of ether oxygens (including phenoxy) is 1. The average molecular weight is 304 g/mol. The highest BCUT2D eigenvalue weighted by molar-refractivity contribution is 5.97. The number of hydrogen-bond donors (Lipinski definition) is 1. The lowest BCUT2D eigenvalue weighted by atomic mass is 10.1. The van der Waals surface area contributed by atoms with Gasteiger partial charge in [-0.05, 0) is 38.0 Å². The number of likely N-dealkylation sites (tertiary alicyclic amines) is 1. The van der Waals surface area contributed by atoms with E-state index in [1.807, 2.05) is 39.0 Å². The molecule has 0 spiro atoms. The average Bonchev–Trinajstić information content (AvgIpc) is 2.85. The minimum absolute atomic E-state index is 0.00370. The predicted octanol–water partition coefficient (Wildman–Crippen LogP) is 2.13. The van der Waals surface area contributed by atoms with E-state index in [0.717, 1.165) is 16.8 Å². The Balaban J connectivity index is 2.02. The molecular weight excluding hydrogens is 280 g/mol. The lowest BCUT2D eigenvalue weighted by Gasteiger charge is -2.24. The maximum absolute atomic E-state index is 12.4. The third kappa shape index (κ3) is 3.65. The Kier molecular flexibility index (Phi) is 5.19. The van der Waals surface area contributed by atoms with Gasteiger partial charge in [-0.1, -0.05) is 12.1 Å². The summed E-state index contributed by atoms with van der Waals surface area (Å²) < 4.78 is 5.09. The van der Waals surface area contributed by atoms with Gasteiger partial charge in [0.15, 0.2) is 0 Å². The molecule has 1 aromatic rings. The second kappa shape index (κ2) is 6.92. The van der Waals surface area contributed by atoms with Gasteiger partial charge in [-0.3, -0.25) is 9.59 Å². The Bertz CT molecular complexity index is 571. The van der Waals surface area contributed by atoms with Gasteiger partial charge < -0.3 is 15.0 Å². The van der Waals surface area contributed by atoms with Crippen molar-refractivity contribution in [1.82, 2.24) is 4.90 Å². The van der Waals surface area contributed by atoms with Crippen molar-refractivity contribution < 1.29 is 14.3 Å². The number of hydrogen-bond acceptors (Lipinski definition) is 3. The lowest BCUT2D eigenvalue weighted by molar-refractivity contribution is -0.130. The second-order valence-electron chi connectivity index (χ2n) is 6.06. The third-order valence-corrected chi connectivity index (χ3v) is 4.12. The number of carbonyl (C=O) groups excluding carboxylic acids is 2. The predicted molar refractivity (Wildman–Crippen MR) is 85.7 cm³/mol. The molecule has 22 heavy (non-hydrogen) atoms. The zero-order valence-electron chi connectivity index (χ0n) is 13.7. The van der Waals surface area contributed by atoms with Gasteiger partial charge in [0.05, 0.1) is 18.6 Å². The van der Waals surface area contributed by atoms with E-state index in [0.29, 0.717) is 13.2 Å². The molecule has 5 heteroatoms. The normalized spacial score (nSPS) is 19.4. The number of benzene rings is 1. The number of nitrogens with one attached hydrogen (secondary N) is 1. The molecule has 5 nitrogen and oxygen atoms in total. The standard InChI is InChI=1S/C17H24N2O3/c1-11-5-6-12(2)15(7-11)18-17(21)14-8-16(20)19(9-14)13(3)10-22-4/h5-7,13-14H,8-10H2,1-4H3,(H,18,21)/t13-,14-/m0/s1. The summed E-state index contributed by atoms with van der Waals surface area (Å²) in [7, 11) is 1.61. The molecule has 1 saturated heterocycles. The Hall–Kier alpha value is -1.88. The summed E-state index contributed by atoms with van der Waals surface area (Å²) in [6.07, 6.45) is 0.269. The van der Waals surface area contributed by atoms with Gasteiger partial charge in [0.2, 0.25) is 11.8 Å². The largest absolute Gasteiger partial charge is 0.383 e. The lowest BCUT2D eigenvalue weighted by Crippen LogP contribution is -2.38. The topological polar surface area (TPSA) is 58.6 Å². The summed E-state index contributed by atoms with van der Waals surface area (Å²) in [6, 6.07) is 5.95. The molecule has 1 N–H and O–H groups in total. The Labute approximate surface area is 131 Å². The van der Waals surface area contributed by atoms with Crippen LogP contribution in [-0.2, 0) is 14.3 Å². The highest BCUT2D eigenvalue weighted by Crippen LogP contribution is 2.23. The number of rotatable bonds is 5. The molecule has 0 aromatic heterocycles. The van der Waals surface area contributed by atoms with E-state index in [4.69, 9.17) is 4.74 Å². The van der Waals surface area contributed by atoms with E-state index in [1.165, 1.54) is 0 Å². The van der Waals surface area contributed by atoms with Crippen molar-refractivity contribution >= 4 is 17.5 Å². The van der Waals surface area contributed by atoms with Gasteiger partial charge in [0.1, 0.15) is 0 Å². The smallest absolute Gasteiger partial charge is 0.229 e. The van der Waals surface area contributed by atoms with Gasteiger partial charge in [-0.2, -0.15) is 0 Å². The van der Waals surface area contributed by atoms with Crippen LogP contribution in [0.15, 0.2) is 18.2 Å². The maximum atomic E-state index is 12.4. The Morgan fingerprint density at radius 3 is 2.86 bits per heavy atom. The fourth-order valence-corrected chi connectivity index (χ4v) is 2.77. The summed E-state index contributed by atoms with van der Waals surface area (Å²) in [5, 5.41) is 2.96.